The van der Waals surface area contributed by atoms with E-state index in [0.717, 1.165) is 98.8 Å². The van der Waals surface area contributed by atoms with Gasteiger partial charge in [-0.05, 0) is 93.6 Å². The molecule has 8 rings (SSSR count). The van der Waals surface area contributed by atoms with Gasteiger partial charge in [0.1, 0.15) is 11.5 Å². The van der Waals surface area contributed by atoms with Gasteiger partial charge in [0, 0.05) is 79.2 Å². The van der Waals surface area contributed by atoms with Crippen LogP contribution in [0.3, 0.4) is 0 Å². The van der Waals surface area contributed by atoms with Crippen LogP contribution in [0.5, 0.6) is 11.5 Å². The molecule has 0 saturated carbocycles. The van der Waals surface area contributed by atoms with Gasteiger partial charge in [-0.25, -0.2) is 9.97 Å². The van der Waals surface area contributed by atoms with E-state index >= 15 is 0 Å². The summed E-state index contributed by atoms with van der Waals surface area (Å²) in [6, 6.07) is 42.7. The number of hydrogen-bond donors (Lipinski definition) is 3. The highest BCUT2D eigenvalue weighted by Gasteiger charge is 2.11. The van der Waals surface area contributed by atoms with Crippen molar-refractivity contribution in [3.8, 4) is 11.5 Å². The molecule has 4 N–H and O–H groups in total. The Balaban J connectivity index is 0.000000296. The molecule has 0 amide bonds. The normalized spacial score (nSPS) is 11.2. The number of nitrogens with one attached hydrogen (secondary N) is 1. The Kier molecular flexibility index (Phi) is 26.7. The van der Waals surface area contributed by atoms with Gasteiger partial charge in [-0.2, -0.15) is 13.5 Å². The number of nitrogens with two attached hydrogens (primary N) is 1. The fraction of sp³-hybridized carbons (Fsp3) is 0.333. The molecule has 1 saturated heterocycles. The zero-order chi connectivity index (χ0) is 40.3. The van der Waals surface area contributed by atoms with E-state index in [1.165, 1.54) is 55.0 Å². The lowest BCUT2D eigenvalue weighted by molar-refractivity contribution is 0.198. The summed E-state index contributed by atoms with van der Waals surface area (Å²) < 4.78 is 11.1. The molecule has 7 nitrogen and oxygen atoms in total. The maximum absolute atomic E-state index is 8.25. The number of ether oxygens (including phenoxy) is 2. The number of aromatic nitrogens is 2. The first-order chi connectivity index (χ1) is 28.1. The largest absolute Gasteiger partial charge is 0.456 e. The van der Waals surface area contributed by atoms with Crippen molar-refractivity contribution < 1.29 is 14.6 Å². The van der Waals surface area contributed by atoms with Gasteiger partial charge in [0.15, 0.2) is 0 Å². The van der Waals surface area contributed by atoms with Gasteiger partial charge < -0.3 is 25.6 Å². The molecule has 1 aliphatic rings. The Hall–Kier alpha value is -4.07. The van der Waals surface area contributed by atoms with Crippen LogP contribution >= 0.6 is 13.5 Å². The molecule has 0 spiro atoms. The molecule has 7 aromatic rings. The van der Waals surface area contributed by atoms with E-state index in [0.29, 0.717) is 6.61 Å². The minimum absolute atomic E-state index is 0. The van der Waals surface area contributed by atoms with Crippen LogP contribution in [0.1, 0.15) is 72.1 Å². The predicted octanol–water partition coefficient (Wildman–Crippen LogP) is 12.2. The number of hydrogen-bond acceptors (Lipinski definition) is 9. The molecular formula is C48H62N4O3S4. The highest BCUT2D eigenvalue weighted by Crippen LogP contribution is 2.36. The molecule has 0 aliphatic carbocycles. The summed E-state index contributed by atoms with van der Waals surface area (Å²) in [5, 5.41) is 16.4. The summed E-state index contributed by atoms with van der Waals surface area (Å²) in [5.41, 5.74) is 10.4. The number of benzene rings is 5. The lowest BCUT2D eigenvalue weighted by Crippen LogP contribution is -2.03. The second-order valence-corrected chi connectivity index (χ2v) is 15.1. The third kappa shape index (κ3) is 17.2. The molecule has 0 unspecified atom stereocenters. The first-order valence-corrected chi connectivity index (χ1v) is 22.6. The summed E-state index contributed by atoms with van der Waals surface area (Å²) in [5.74, 6) is 1.70. The van der Waals surface area contributed by atoms with Crippen molar-refractivity contribution >= 4 is 94.1 Å². The van der Waals surface area contributed by atoms with Crippen molar-refractivity contribution in [2.75, 3.05) is 38.2 Å². The Labute approximate surface area is 371 Å². The van der Waals surface area contributed by atoms with Gasteiger partial charge in [-0.15, -0.1) is 0 Å². The van der Waals surface area contributed by atoms with Gasteiger partial charge >= 0.3 is 0 Å². The van der Waals surface area contributed by atoms with E-state index in [4.69, 9.17) is 30.3 Å². The topological polar surface area (TPSA) is 103 Å². The van der Waals surface area contributed by atoms with Crippen LogP contribution < -0.4 is 15.8 Å². The van der Waals surface area contributed by atoms with Crippen LogP contribution in [0.25, 0.3) is 43.6 Å². The Morgan fingerprint density at radius 3 is 1.53 bits per heavy atom. The molecule has 1 fully saturated rings. The molecule has 3 heterocycles. The van der Waals surface area contributed by atoms with E-state index < -0.39 is 0 Å². The van der Waals surface area contributed by atoms with Crippen LogP contribution in [0.4, 0.5) is 5.69 Å². The van der Waals surface area contributed by atoms with Gasteiger partial charge in [0.05, 0.1) is 27.8 Å². The predicted molar refractivity (Wildman–Crippen MR) is 267 cm³/mol. The third-order valence-electron chi connectivity index (χ3n) is 9.11. The molecule has 0 radical (unpaired) electrons. The van der Waals surface area contributed by atoms with E-state index in [9.17, 15) is 0 Å². The standard InChI is InChI=1S/C19H22N2.C19H13NO.C5H13NO.C4H8O.CH4.S3.H2S/c1-2-3-4-9-14-20-19-15-10-5-7-12-17(15)21-18-13-8-6-11-16(18)19;1-2-8-14(9-3-1)21-19-15-10-4-6-12-17(15)20-18-13-7-5-11-16(18)19;6-4-2-1-3-5-7;1-2-4-5-3-1;;1-3-2;/h5-8,10-13H,2-4,9,14H2,1H3,(H,20,21);1-13H;7H,1-6H2;1-4H2;1H4;;1H2. The number of rotatable bonds is 12. The Morgan fingerprint density at radius 2 is 1.08 bits per heavy atom. The maximum atomic E-state index is 8.25. The highest BCUT2D eigenvalue weighted by atomic mass is 33.1. The first-order valence-electron chi connectivity index (χ1n) is 20.0. The van der Waals surface area contributed by atoms with Crippen molar-refractivity contribution in [1.29, 1.82) is 0 Å². The fourth-order valence-corrected chi connectivity index (χ4v) is 6.26. The average Bonchev–Trinajstić information content (AvgIpc) is 3.86. The number of fused-ring (bicyclic) bond motifs is 4. The summed E-state index contributed by atoms with van der Waals surface area (Å²) in [4.78, 5) is 9.46. The van der Waals surface area contributed by atoms with E-state index in [-0.39, 0.29) is 20.9 Å². The van der Waals surface area contributed by atoms with Gasteiger partial charge in [-0.1, -0.05) is 112 Å². The van der Waals surface area contributed by atoms with Crippen molar-refractivity contribution in [2.24, 2.45) is 5.73 Å². The molecule has 59 heavy (non-hydrogen) atoms. The number of aliphatic hydroxyl groups excluding tert-OH is 1. The van der Waals surface area contributed by atoms with E-state index in [1.54, 1.807) is 0 Å². The number of anilines is 1. The molecule has 316 valence electrons. The van der Waals surface area contributed by atoms with Crippen molar-refractivity contribution in [3.05, 3.63) is 127 Å². The maximum Gasteiger partial charge on any atom is 0.146 e. The third-order valence-corrected chi connectivity index (χ3v) is 9.11. The number of aliphatic hydroxyl groups is 1. The summed E-state index contributed by atoms with van der Waals surface area (Å²) in [6.07, 6.45) is 10.7. The molecule has 0 bridgehead atoms. The minimum atomic E-state index is 0. The van der Waals surface area contributed by atoms with Crippen LogP contribution in [0.2, 0.25) is 0 Å². The van der Waals surface area contributed by atoms with Crippen molar-refractivity contribution in [1.82, 2.24) is 9.97 Å². The first kappa shape index (κ1) is 51.1. The molecule has 2 aromatic heterocycles. The molecular weight excluding hydrogens is 809 g/mol. The van der Waals surface area contributed by atoms with E-state index in [2.05, 4.69) is 83.1 Å². The summed E-state index contributed by atoms with van der Waals surface area (Å²) in [6.45, 7) is 6.33. The van der Waals surface area contributed by atoms with Gasteiger partial charge in [0.25, 0.3) is 0 Å². The zero-order valence-electron chi connectivity index (χ0n) is 33.5. The lowest BCUT2D eigenvalue weighted by atomic mass is 10.1. The molecule has 1 aliphatic heterocycles. The monoisotopic (exact) mass is 870 g/mol. The average molecular weight is 871 g/mol. The van der Waals surface area contributed by atoms with Crippen LogP contribution in [0, 0.1) is 0 Å². The molecule has 5 aromatic carbocycles. The quantitative estimate of drug-likeness (QED) is 0.0818. The van der Waals surface area contributed by atoms with Gasteiger partial charge in [-0.3, -0.25) is 0 Å². The highest BCUT2D eigenvalue weighted by molar-refractivity contribution is 8.37. The van der Waals surface area contributed by atoms with Crippen LogP contribution in [0.15, 0.2) is 127 Å². The second-order valence-electron chi connectivity index (χ2n) is 13.4. The van der Waals surface area contributed by atoms with Crippen molar-refractivity contribution in [2.45, 2.75) is 72.1 Å². The zero-order valence-corrected chi connectivity index (χ0v) is 36.9. The lowest BCUT2D eigenvalue weighted by Gasteiger charge is -2.13. The fourth-order valence-electron chi connectivity index (χ4n) is 6.26. The smallest absolute Gasteiger partial charge is 0.146 e. The van der Waals surface area contributed by atoms with Gasteiger partial charge in [0.2, 0.25) is 0 Å². The Bertz CT molecular complexity index is 2110. The number of nitrogens with zero attached hydrogens (tertiary/aromatic N) is 2. The molecule has 0 atom stereocenters. The Morgan fingerprint density at radius 1 is 0.644 bits per heavy atom. The molecule has 11 heteroatoms. The number of unbranched alkanes of at least 4 members (excludes halogenated alkanes) is 5. The number of pyridine rings is 2. The van der Waals surface area contributed by atoms with E-state index in [1.807, 2.05) is 78.9 Å². The SMILES string of the molecule is C.C1CCOC1.CCCCCCNc1c2ccccc2nc2ccccc12.NCCCCCO.S.S=S=S.c1ccc(Oc2c3ccccc3nc3ccccc23)cc1. The summed E-state index contributed by atoms with van der Waals surface area (Å²) in [7, 11) is 0.917. The van der Waals surface area contributed by atoms with Crippen molar-refractivity contribution in [3.63, 3.8) is 0 Å². The number of para-hydroxylation sites is 5. The summed E-state index contributed by atoms with van der Waals surface area (Å²) >= 11 is 8.25. The van der Waals surface area contributed by atoms with Crippen LogP contribution in [-0.4, -0.2) is 48.0 Å². The second kappa shape index (κ2) is 30.9. The minimum Gasteiger partial charge on any atom is -0.456 e. The van der Waals surface area contributed by atoms with Crippen LogP contribution in [-0.2, 0) is 36.0 Å².